The molecule has 0 spiro atoms. The maximum Gasteiger partial charge on any atom is 0.272 e. The summed E-state index contributed by atoms with van der Waals surface area (Å²) in [4.78, 5) is 12.5. The third kappa shape index (κ3) is 4.55. The Morgan fingerprint density at radius 2 is 1.76 bits per heavy atom. The van der Waals surface area contributed by atoms with Crippen LogP contribution in [-0.4, -0.2) is 24.4 Å². The molecular formula is C16H19Cl2N3O3S. The first kappa shape index (κ1) is 19.8. The molecule has 0 radical (unpaired) electrons. The number of nitrogens with one attached hydrogen (secondary N) is 2. The lowest BCUT2D eigenvalue weighted by atomic mass is 10.1. The fourth-order valence-corrected chi connectivity index (χ4v) is 4.17. The smallest absolute Gasteiger partial charge is 0.272 e. The summed E-state index contributed by atoms with van der Waals surface area (Å²) < 4.78 is 29.2. The summed E-state index contributed by atoms with van der Waals surface area (Å²) in [5.74, 6) is -0.519. The Bertz CT molecular complexity index is 915. The Morgan fingerprint density at radius 1 is 1.16 bits per heavy atom. The summed E-state index contributed by atoms with van der Waals surface area (Å²) in [6, 6.07) is 7.58. The number of sulfonamides is 1. The van der Waals surface area contributed by atoms with Gasteiger partial charge in [0.25, 0.3) is 5.91 Å². The molecular weight excluding hydrogens is 385 g/mol. The second kappa shape index (κ2) is 6.99. The standard InChI is InChI=1S/C16H19Cl2N3O3S/c1-16(2,3)20-25(23,24)13-8-6-5-7-11(13)19-15(22)12-9-10(17)14(18)21(12)4/h5-9,20H,1-4H3,(H,19,22). The Balaban J connectivity index is 2.39. The summed E-state index contributed by atoms with van der Waals surface area (Å²) in [5, 5.41) is 3.07. The van der Waals surface area contributed by atoms with E-state index in [4.69, 9.17) is 23.2 Å². The van der Waals surface area contributed by atoms with E-state index in [1.54, 1.807) is 40.0 Å². The van der Waals surface area contributed by atoms with Crippen LogP contribution in [0.3, 0.4) is 0 Å². The lowest BCUT2D eigenvalue weighted by molar-refractivity contribution is 0.101. The molecule has 0 unspecified atom stereocenters. The normalized spacial score (nSPS) is 12.2. The van der Waals surface area contributed by atoms with E-state index in [9.17, 15) is 13.2 Å². The number of para-hydroxylation sites is 1. The van der Waals surface area contributed by atoms with Crippen molar-refractivity contribution in [2.24, 2.45) is 7.05 Å². The Morgan fingerprint density at radius 3 is 2.28 bits per heavy atom. The van der Waals surface area contributed by atoms with Gasteiger partial charge in [-0.15, -0.1) is 0 Å². The second-order valence-corrected chi connectivity index (χ2v) is 8.95. The van der Waals surface area contributed by atoms with Crippen molar-refractivity contribution in [3.05, 3.63) is 46.2 Å². The van der Waals surface area contributed by atoms with Crippen molar-refractivity contribution >= 4 is 44.8 Å². The highest BCUT2D eigenvalue weighted by Crippen LogP contribution is 2.27. The van der Waals surface area contributed by atoms with Crippen LogP contribution in [0, 0.1) is 0 Å². The molecule has 0 fully saturated rings. The van der Waals surface area contributed by atoms with E-state index in [2.05, 4.69) is 10.0 Å². The zero-order chi connectivity index (χ0) is 19.0. The molecule has 0 bridgehead atoms. The van der Waals surface area contributed by atoms with Gasteiger partial charge in [0.15, 0.2) is 0 Å². The molecule has 0 aliphatic rings. The molecule has 0 aliphatic carbocycles. The highest BCUT2D eigenvalue weighted by Gasteiger charge is 2.25. The quantitative estimate of drug-likeness (QED) is 0.816. The predicted molar refractivity (Wildman–Crippen MR) is 99.9 cm³/mol. The minimum atomic E-state index is -3.81. The monoisotopic (exact) mass is 403 g/mol. The molecule has 9 heteroatoms. The van der Waals surface area contributed by atoms with Crippen LogP contribution in [0.1, 0.15) is 31.3 Å². The number of benzene rings is 1. The van der Waals surface area contributed by atoms with Crippen molar-refractivity contribution < 1.29 is 13.2 Å². The van der Waals surface area contributed by atoms with Crippen molar-refractivity contribution in [2.45, 2.75) is 31.2 Å². The van der Waals surface area contributed by atoms with Crippen molar-refractivity contribution in [1.82, 2.24) is 9.29 Å². The molecule has 2 N–H and O–H groups in total. The molecule has 136 valence electrons. The van der Waals surface area contributed by atoms with Gasteiger partial charge >= 0.3 is 0 Å². The van der Waals surface area contributed by atoms with Crippen LogP contribution in [0.2, 0.25) is 10.2 Å². The summed E-state index contributed by atoms with van der Waals surface area (Å²) >= 11 is 11.9. The molecule has 1 aromatic heterocycles. The van der Waals surface area contributed by atoms with E-state index in [1.807, 2.05) is 0 Å². The minimum absolute atomic E-state index is 0.0234. The summed E-state index contributed by atoms with van der Waals surface area (Å²) in [5.41, 5.74) is -0.279. The van der Waals surface area contributed by atoms with Crippen molar-refractivity contribution in [3.63, 3.8) is 0 Å². The van der Waals surface area contributed by atoms with Crippen LogP contribution < -0.4 is 10.0 Å². The molecule has 25 heavy (non-hydrogen) atoms. The molecule has 0 saturated carbocycles. The van der Waals surface area contributed by atoms with Crippen LogP contribution in [0.4, 0.5) is 5.69 Å². The third-order valence-electron chi connectivity index (χ3n) is 3.21. The van der Waals surface area contributed by atoms with Crippen LogP contribution in [0.25, 0.3) is 0 Å². The van der Waals surface area contributed by atoms with E-state index in [1.165, 1.54) is 22.8 Å². The summed E-state index contributed by atoms with van der Waals surface area (Å²) in [6.07, 6.45) is 0. The second-order valence-electron chi connectivity index (χ2n) is 6.53. The Labute approximate surface area is 157 Å². The number of nitrogens with zero attached hydrogens (tertiary/aromatic N) is 1. The van der Waals surface area contributed by atoms with Gasteiger partial charge in [-0.05, 0) is 39.0 Å². The summed E-state index contributed by atoms with van der Waals surface area (Å²) in [6.45, 7) is 5.21. The van der Waals surface area contributed by atoms with Crippen molar-refractivity contribution in [3.8, 4) is 0 Å². The van der Waals surface area contributed by atoms with Gasteiger partial charge in [0.1, 0.15) is 15.7 Å². The topological polar surface area (TPSA) is 80.2 Å². The SMILES string of the molecule is Cn1c(C(=O)Nc2ccccc2S(=O)(=O)NC(C)(C)C)cc(Cl)c1Cl. The van der Waals surface area contributed by atoms with Gasteiger partial charge in [0.2, 0.25) is 10.0 Å². The molecule has 0 atom stereocenters. The Kier molecular flexibility index (Phi) is 5.53. The number of carbonyl (C=O) groups is 1. The van der Waals surface area contributed by atoms with Crippen molar-refractivity contribution in [1.29, 1.82) is 0 Å². The molecule has 2 aromatic rings. The molecule has 1 heterocycles. The average molecular weight is 404 g/mol. The van der Waals surface area contributed by atoms with E-state index >= 15 is 0 Å². The fraction of sp³-hybridized carbons (Fsp3) is 0.312. The molecule has 6 nitrogen and oxygen atoms in total. The largest absolute Gasteiger partial charge is 0.329 e. The Hall–Kier alpha value is -1.54. The molecule has 0 saturated heterocycles. The number of aromatic nitrogens is 1. The lowest BCUT2D eigenvalue weighted by Gasteiger charge is -2.21. The highest BCUT2D eigenvalue weighted by atomic mass is 35.5. The number of hydrogen-bond acceptors (Lipinski definition) is 3. The maximum atomic E-state index is 12.6. The zero-order valence-corrected chi connectivity index (χ0v) is 16.6. The van der Waals surface area contributed by atoms with Crippen LogP contribution in [0.5, 0.6) is 0 Å². The van der Waals surface area contributed by atoms with E-state index < -0.39 is 21.5 Å². The first-order chi connectivity index (χ1) is 11.4. The van der Waals surface area contributed by atoms with Gasteiger partial charge in [-0.2, -0.15) is 0 Å². The first-order valence-electron chi connectivity index (χ1n) is 7.37. The number of rotatable bonds is 4. The van der Waals surface area contributed by atoms with Gasteiger partial charge in [-0.25, -0.2) is 13.1 Å². The van der Waals surface area contributed by atoms with Gasteiger partial charge in [0.05, 0.1) is 10.7 Å². The summed E-state index contributed by atoms with van der Waals surface area (Å²) in [7, 11) is -2.22. The number of hydrogen-bond donors (Lipinski definition) is 2. The molecule has 1 amide bonds. The maximum absolute atomic E-state index is 12.6. The first-order valence-corrected chi connectivity index (χ1v) is 9.61. The fourth-order valence-electron chi connectivity index (χ4n) is 2.21. The lowest BCUT2D eigenvalue weighted by Crippen LogP contribution is -2.40. The zero-order valence-electron chi connectivity index (χ0n) is 14.2. The van der Waals surface area contributed by atoms with Gasteiger partial charge in [-0.3, -0.25) is 4.79 Å². The number of halogens is 2. The highest BCUT2D eigenvalue weighted by molar-refractivity contribution is 7.89. The number of anilines is 1. The van der Waals surface area contributed by atoms with Gasteiger partial charge in [-0.1, -0.05) is 35.3 Å². The molecule has 2 rings (SSSR count). The minimum Gasteiger partial charge on any atom is -0.329 e. The van der Waals surface area contributed by atoms with Gasteiger partial charge < -0.3 is 9.88 Å². The predicted octanol–water partition coefficient (Wildman–Crippen LogP) is 3.66. The van der Waals surface area contributed by atoms with E-state index in [0.29, 0.717) is 0 Å². The van der Waals surface area contributed by atoms with Gasteiger partial charge in [0, 0.05) is 12.6 Å². The van der Waals surface area contributed by atoms with Crippen LogP contribution >= 0.6 is 23.2 Å². The number of amides is 1. The van der Waals surface area contributed by atoms with Crippen LogP contribution in [0.15, 0.2) is 35.2 Å². The molecule has 1 aromatic carbocycles. The third-order valence-corrected chi connectivity index (χ3v) is 5.87. The van der Waals surface area contributed by atoms with E-state index in [-0.39, 0.29) is 26.5 Å². The van der Waals surface area contributed by atoms with Crippen LogP contribution in [-0.2, 0) is 17.1 Å². The van der Waals surface area contributed by atoms with E-state index in [0.717, 1.165) is 0 Å². The van der Waals surface area contributed by atoms with Crippen molar-refractivity contribution in [2.75, 3.05) is 5.32 Å². The average Bonchev–Trinajstić information content (AvgIpc) is 2.73. The molecule has 0 aliphatic heterocycles. The number of carbonyl (C=O) groups excluding carboxylic acids is 1.